The zero-order valence-electron chi connectivity index (χ0n) is 10.3. The number of hydrogen-bond acceptors (Lipinski definition) is 4. The average Bonchev–Trinajstić information content (AvgIpc) is 2.58. The zero-order chi connectivity index (χ0) is 12.0. The molecule has 1 fully saturated rings. The maximum Gasteiger partial charge on any atom is 0.234 e. The number of amides is 1. The van der Waals surface area contributed by atoms with E-state index < -0.39 is 0 Å². The van der Waals surface area contributed by atoms with Gasteiger partial charge in [-0.2, -0.15) is 0 Å². The highest BCUT2D eigenvalue weighted by Crippen LogP contribution is 2.24. The van der Waals surface area contributed by atoms with Crippen LogP contribution in [0.4, 0.5) is 0 Å². The molecule has 0 bridgehead atoms. The average molecular weight is 230 g/mol. The van der Waals surface area contributed by atoms with Crippen LogP contribution in [0.1, 0.15) is 20.3 Å². The Labute approximate surface area is 96.9 Å². The van der Waals surface area contributed by atoms with E-state index in [-0.39, 0.29) is 17.6 Å². The van der Waals surface area contributed by atoms with Crippen molar-refractivity contribution in [1.82, 2.24) is 10.6 Å². The van der Waals surface area contributed by atoms with Crippen molar-refractivity contribution in [2.75, 3.05) is 33.4 Å². The minimum Gasteiger partial charge on any atom is -0.383 e. The molecule has 5 heteroatoms. The molecule has 1 heterocycles. The normalized spacial score (nSPS) is 29.3. The zero-order valence-corrected chi connectivity index (χ0v) is 10.3. The third-order valence-corrected chi connectivity index (χ3v) is 3.17. The summed E-state index contributed by atoms with van der Waals surface area (Å²) in [5.74, 6) is -0.00243. The SMILES string of the molecule is COCCNC(=O)CNC1(C)CCOC1C. The van der Waals surface area contributed by atoms with Gasteiger partial charge in [0.25, 0.3) is 0 Å². The third-order valence-electron chi connectivity index (χ3n) is 3.17. The fraction of sp³-hybridized carbons (Fsp3) is 0.909. The van der Waals surface area contributed by atoms with Crippen molar-refractivity contribution < 1.29 is 14.3 Å². The third kappa shape index (κ3) is 3.73. The first-order chi connectivity index (χ1) is 7.58. The van der Waals surface area contributed by atoms with E-state index in [1.54, 1.807) is 7.11 Å². The molecular weight excluding hydrogens is 208 g/mol. The molecule has 0 aliphatic carbocycles. The van der Waals surface area contributed by atoms with E-state index in [0.717, 1.165) is 13.0 Å². The van der Waals surface area contributed by atoms with E-state index in [9.17, 15) is 4.79 Å². The maximum atomic E-state index is 11.5. The second-order valence-electron chi connectivity index (χ2n) is 4.38. The quantitative estimate of drug-likeness (QED) is 0.626. The van der Waals surface area contributed by atoms with Crippen molar-refractivity contribution >= 4 is 5.91 Å². The Morgan fingerprint density at radius 1 is 1.62 bits per heavy atom. The monoisotopic (exact) mass is 230 g/mol. The molecular formula is C11H22N2O3. The van der Waals surface area contributed by atoms with Crippen molar-refractivity contribution in [3.05, 3.63) is 0 Å². The van der Waals surface area contributed by atoms with Crippen molar-refractivity contribution in [2.24, 2.45) is 0 Å². The summed E-state index contributed by atoms with van der Waals surface area (Å²) in [5, 5.41) is 6.03. The highest BCUT2D eigenvalue weighted by Gasteiger charge is 2.36. The van der Waals surface area contributed by atoms with Crippen LogP contribution in [0.3, 0.4) is 0 Å². The molecule has 0 radical (unpaired) electrons. The summed E-state index contributed by atoms with van der Waals surface area (Å²) < 4.78 is 10.3. The highest BCUT2D eigenvalue weighted by molar-refractivity contribution is 5.78. The first-order valence-electron chi connectivity index (χ1n) is 5.71. The molecule has 0 saturated carbocycles. The Bertz CT molecular complexity index is 235. The van der Waals surface area contributed by atoms with Gasteiger partial charge in [-0.3, -0.25) is 4.79 Å². The molecule has 1 rings (SSSR count). The van der Waals surface area contributed by atoms with E-state index in [1.165, 1.54) is 0 Å². The molecule has 0 aromatic carbocycles. The Morgan fingerprint density at radius 3 is 2.94 bits per heavy atom. The van der Waals surface area contributed by atoms with E-state index in [4.69, 9.17) is 9.47 Å². The molecule has 94 valence electrons. The van der Waals surface area contributed by atoms with Crippen LogP contribution in [0.2, 0.25) is 0 Å². The fourth-order valence-corrected chi connectivity index (χ4v) is 1.70. The van der Waals surface area contributed by atoms with Gasteiger partial charge in [-0.25, -0.2) is 0 Å². The summed E-state index contributed by atoms with van der Waals surface area (Å²) in [6.07, 6.45) is 1.10. The lowest BCUT2D eigenvalue weighted by atomic mass is 9.95. The molecule has 1 saturated heterocycles. The molecule has 1 aliphatic heterocycles. The second kappa shape index (κ2) is 6.18. The summed E-state index contributed by atoms with van der Waals surface area (Å²) in [6.45, 7) is 6.31. The van der Waals surface area contributed by atoms with E-state index in [0.29, 0.717) is 19.7 Å². The van der Waals surface area contributed by atoms with Crippen LogP contribution in [0.5, 0.6) is 0 Å². The van der Waals surface area contributed by atoms with Crippen LogP contribution in [0.25, 0.3) is 0 Å². The Morgan fingerprint density at radius 2 is 2.38 bits per heavy atom. The van der Waals surface area contributed by atoms with Crippen LogP contribution in [0.15, 0.2) is 0 Å². The van der Waals surface area contributed by atoms with Gasteiger partial charge in [0.2, 0.25) is 5.91 Å². The van der Waals surface area contributed by atoms with E-state index >= 15 is 0 Å². The van der Waals surface area contributed by atoms with Gasteiger partial charge < -0.3 is 20.1 Å². The van der Waals surface area contributed by atoms with Crippen molar-refractivity contribution in [3.8, 4) is 0 Å². The number of rotatable bonds is 6. The second-order valence-corrected chi connectivity index (χ2v) is 4.38. The standard InChI is InChI=1S/C11H22N2O3/c1-9-11(2,4-6-16-9)13-8-10(14)12-5-7-15-3/h9,13H,4-8H2,1-3H3,(H,12,14). The summed E-state index contributed by atoms with van der Waals surface area (Å²) in [6, 6.07) is 0. The number of ether oxygens (including phenoxy) is 2. The van der Waals surface area contributed by atoms with Gasteiger partial charge >= 0.3 is 0 Å². The van der Waals surface area contributed by atoms with Gasteiger partial charge in [-0.05, 0) is 20.3 Å². The van der Waals surface area contributed by atoms with Crippen molar-refractivity contribution in [3.63, 3.8) is 0 Å². The Kier molecular flexibility index (Phi) is 5.18. The summed E-state index contributed by atoms with van der Waals surface area (Å²) >= 11 is 0. The first kappa shape index (κ1) is 13.4. The van der Waals surface area contributed by atoms with Gasteiger partial charge in [-0.1, -0.05) is 0 Å². The lowest BCUT2D eigenvalue weighted by molar-refractivity contribution is -0.120. The Balaban J connectivity index is 2.20. The van der Waals surface area contributed by atoms with Crippen LogP contribution in [-0.4, -0.2) is 51.0 Å². The fourth-order valence-electron chi connectivity index (χ4n) is 1.70. The molecule has 2 atom stereocenters. The number of carbonyl (C=O) groups excluding carboxylic acids is 1. The predicted molar refractivity (Wildman–Crippen MR) is 61.3 cm³/mol. The molecule has 0 aromatic rings. The first-order valence-corrected chi connectivity index (χ1v) is 5.71. The molecule has 1 amide bonds. The number of carbonyl (C=O) groups is 1. The topological polar surface area (TPSA) is 59.6 Å². The van der Waals surface area contributed by atoms with Crippen molar-refractivity contribution in [2.45, 2.75) is 31.9 Å². The molecule has 5 nitrogen and oxygen atoms in total. The molecule has 1 aliphatic rings. The van der Waals surface area contributed by atoms with Crippen LogP contribution < -0.4 is 10.6 Å². The molecule has 0 spiro atoms. The number of nitrogens with one attached hydrogen (secondary N) is 2. The smallest absolute Gasteiger partial charge is 0.234 e. The van der Waals surface area contributed by atoms with Gasteiger partial charge in [0.1, 0.15) is 0 Å². The maximum absolute atomic E-state index is 11.5. The van der Waals surface area contributed by atoms with Gasteiger partial charge in [0.05, 0.1) is 19.3 Å². The van der Waals surface area contributed by atoms with E-state index in [2.05, 4.69) is 17.6 Å². The summed E-state index contributed by atoms with van der Waals surface area (Å²) in [4.78, 5) is 11.5. The number of hydrogen-bond donors (Lipinski definition) is 2. The summed E-state index contributed by atoms with van der Waals surface area (Å²) in [7, 11) is 1.61. The molecule has 16 heavy (non-hydrogen) atoms. The lowest BCUT2D eigenvalue weighted by Gasteiger charge is -2.28. The van der Waals surface area contributed by atoms with Crippen molar-refractivity contribution in [1.29, 1.82) is 0 Å². The molecule has 2 N–H and O–H groups in total. The largest absolute Gasteiger partial charge is 0.383 e. The minimum atomic E-state index is -0.0847. The lowest BCUT2D eigenvalue weighted by Crippen LogP contribution is -2.51. The summed E-state index contributed by atoms with van der Waals surface area (Å²) in [5.41, 5.74) is -0.0847. The minimum absolute atomic E-state index is 0.00243. The molecule has 0 aromatic heterocycles. The molecule has 2 unspecified atom stereocenters. The predicted octanol–water partition coefficient (Wildman–Crippen LogP) is -0.0939. The Hall–Kier alpha value is -0.650. The van der Waals surface area contributed by atoms with Gasteiger partial charge in [-0.15, -0.1) is 0 Å². The highest BCUT2D eigenvalue weighted by atomic mass is 16.5. The number of methoxy groups -OCH3 is 1. The van der Waals surface area contributed by atoms with Crippen LogP contribution >= 0.6 is 0 Å². The van der Waals surface area contributed by atoms with E-state index in [1.807, 2.05) is 6.92 Å². The van der Waals surface area contributed by atoms with Gasteiger partial charge in [0.15, 0.2) is 0 Å². The van der Waals surface area contributed by atoms with Gasteiger partial charge in [0, 0.05) is 25.8 Å². The van der Waals surface area contributed by atoms with Crippen LogP contribution in [-0.2, 0) is 14.3 Å². The van der Waals surface area contributed by atoms with Crippen LogP contribution in [0, 0.1) is 0 Å².